The van der Waals surface area contributed by atoms with E-state index in [1.807, 2.05) is 23.6 Å². The van der Waals surface area contributed by atoms with E-state index in [2.05, 4.69) is 0 Å². The van der Waals surface area contributed by atoms with Gasteiger partial charge in [-0.2, -0.15) is 0 Å². The second kappa shape index (κ2) is 10.9. The molecule has 3 saturated heterocycles. The molecule has 3 fully saturated rings. The maximum Gasteiger partial charge on any atom is 0.251 e. The van der Waals surface area contributed by atoms with Gasteiger partial charge in [0.2, 0.25) is 11.8 Å². The Morgan fingerprint density at radius 3 is 1.26 bits per heavy atom. The summed E-state index contributed by atoms with van der Waals surface area (Å²) in [6.07, 6.45) is 0.247. The van der Waals surface area contributed by atoms with Crippen LogP contribution in [0.25, 0.3) is 0 Å². The normalized spacial score (nSPS) is 23.0. The zero-order chi connectivity index (χ0) is 26.8. The molecule has 10 heteroatoms. The summed E-state index contributed by atoms with van der Waals surface area (Å²) in [7, 11) is 0. The molecular weight excluding hydrogens is 488 g/mol. The minimum atomic E-state index is -0.530. The Bertz CT molecular complexity index is 1110. The molecule has 2 aromatic carbocycles. The van der Waals surface area contributed by atoms with E-state index in [-0.39, 0.29) is 36.5 Å². The van der Waals surface area contributed by atoms with Crippen LogP contribution in [0.1, 0.15) is 26.7 Å². The SMILES string of the molecule is CCOc1ccc(N2C(=O)CC(N3CCN(C4CC(=O)N(c5ccc(OCC)cc5)C4=O)CC3)C2=O)cc1. The number of piperazine rings is 1. The predicted octanol–water partition coefficient (Wildman–Crippen LogP) is 2.07. The van der Waals surface area contributed by atoms with Crippen LogP contribution in [0.15, 0.2) is 48.5 Å². The zero-order valence-electron chi connectivity index (χ0n) is 21.7. The highest BCUT2D eigenvalue weighted by Gasteiger charge is 2.46. The summed E-state index contributed by atoms with van der Waals surface area (Å²) < 4.78 is 10.9. The van der Waals surface area contributed by atoms with E-state index in [9.17, 15) is 19.2 Å². The Morgan fingerprint density at radius 2 is 0.947 bits per heavy atom. The summed E-state index contributed by atoms with van der Waals surface area (Å²) in [4.78, 5) is 58.5. The van der Waals surface area contributed by atoms with Gasteiger partial charge in [-0.15, -0.1) is 0 Å². The summed E-state index contributed by atoms with van der Waals surface area (Å²) in [5.74, 6) is 0.444. The number of benzene rings is 2. The molecule has 0 saturated carbocycles. The Balaban J connectivity index is 1.20. The van der Waals surface area contributed by atoms with Crippen molar-refractivity contribution in [2.45, 2.75) is 38.8 Å². The molecule has 38 heavy (non-hydrogen) atoms. The van der Waals surface area contributed by atoms with Crippen molar-refractivity contribution in [1.82, 2.24) is 9.80 Å². The average Bonchev–Trinajstić information content (AvgIpc) is 3.39. The number of rotatable bonds is 8. The highest BCUT2D eigenvalue weighted by molar-refractivity contribution is 6.23. The second-order valence-corrected chi connectivity index (χ2v) is 9.50. The fourth-order valence-electron chi connectivity index (χ4n) is 5.42. The smallest absolute Gasteiger partial charge is 0.251 e. The first-order valence-corrected chi connectivity index (χ1v) is 13.1. The number of amides is 4. The van der Waals surface area contributed by atoms with Crippen molar-refractivity contribution >= 4 is 35.0 Å². The predicted molar refractivity (Wildman–Crippen MR) is 140 cm³/mol. The standard InChI is InChI=1S/C28H32N4O6/c1-3-37-21-9-5-19(6-10-21)31-25(33)17-23(27(31)35)29-13-15-30(16-14-29)24-18-26(34)32(28(24)36)20-7-11-22(12-8-20)38-4-2/h5-12,23-24H,3-4,13-18H2,1-2H3. The van der Waals surface area contributed by atoms with E-state index < -0.39 is 12.1 Å². The summed E-state index contributed by atoms with van der Waals surface area (Å²) >= 11 is 0. The van der Waals surface area contributed by atoms with Gasteiger partial charge < -0.3 is 9.47 Å². The molecule has 2 unspecified atom stereocenters. The molecule has 10 nitrogen and oxygen atoms in total. The van der Waals surface area contributed by atoms with Crippen molar-refractivity contribution in [2.75, 3.05) is 49.2 Å². The van der Waals surface area contributed by atoms with Gasteiger partial charge in [-0.25, -0.2) is 9.80 Å². The maximum absolute atomic E-state index is 13.2. The Labute approximate surface area is 221 Å². The molecule has 2 atom stereocenters. The van der Waals surface area contributed by atoms with Gasteiger partial charge in [0.15, 0.2) is 0 Å². The topological polar surface area (TPSA) is 99.7 Å². The molecule has 0 bridgehead atoms. The first-order valence-electron chi connectivity index (χ1n) is 13.1. The lowest BCUT2D eigenvalue weighted by molar-refractivity contribution is -0.126. The summed E-state index contributed by atoms with van der Waals surface area (Å²) in [5.41, 5.74) is 1.07. The molecule has 4 amide bonds. The van der Waals surface area contributed by atoms with Gasteiger partial charge >= 0.3 is 0 Å². The van der Waals surface area contributed by atoms with Crippen LogP contribution in [-0.4, -0.2) is 84.9 Å². The van der Waals surface area contributed by atoms with Crippen LogP contribution in [0.4, 0.5) is 11.4 Å². The maximum atomic E-state index is 13.2. The molecule has 3 aliphatic rings. The molecule has 3 heterocycles. The molecule has 3 aliphatic heterocycles. The van der Waals surface area contributed by atoms with Gasteiger partial charge in [-0.3, -0.25) is 29.0 Å². The van der Waals surface area contributed by atoms with Crippen LogP contribution in [-0.2, 0) is 19.2 Å². The van der Waals surface area contributed by atoms with E-state index in [1.165, 1.54) is 9.80 Å². The number of nitrogens with zero attached hydrogens (tertiary/aromatic N) is 4. The molecule has 5 rings (SSSR count). The molecular formula is C28H32N4O6. The fourth-order valence-corrected chi connectivity index (χ4v) is 5.42. The van der Waals surface area contributed by atoms with E-state index in [4.69, 9.17) is 9.47 Å². The molecule has 2 aromatic rings. The monoisotopic (exact) mass is 520 g/mol. The largest absolute Gasteiger partial charge is 0.494 e. The number of anilines is 2. The first kappa shape index (κ1) is 25.9. The minimum Gasteiger partial charge on any atom is -0.494 e. The number of imide groups is 2. The Morgan fingerprint density at radius 1 is 0.605 bits per heavy atom. The first-order chi connectivity index (χ1) is 18.4. The molecule has 0 spiro atoms. The van der Waals surface area contributed by atoms with Crippen molar-refractivity contribution in [3.63, 3.8) is 0 Å². The van der Waals surface area contributed by atoms with Gasteiger partial charge in [0, 0.05) is 26.2 Å². The van der Waals surface area contributed by atoms with E-state index in [1.54, 1.807) is 48.5 Å². The average molecular weight is 521 g/mol. The van der Waals surface area contributed by atoms with Gasteiger partial charge in [0.25, 0.3) is 11.8 Å². The quantitative estimate of drug-likeness (QED) is 0.488. The molecule has 0 N–H and O–H groups in total. The van der Waals surface area contributed by atoms with Crippen molar-refractivity contribution in [3.05, 3.63) is 48.5 Å². The molecule has 200 valence electrons. The van der Waals surface area contributed by atoms with Gasteiger partial charge in [-0.1, -0.05) is 0 Å². The van der Waals surface area contributed by atoms with Crippen molar-refractivity contribution in [3.8, 4) is 11.5 Å². The van der Waals surface area contributed by atoms with E-state index >= 15 is 0 Å². The molecule has 0 radical (unpaired) electrons. The number of carbonyl (C=O) groups is 4. The Kier molecular flexibility index (Phi) is 7.44. The Hall–Kier alpha value is -3.76. The lowest BCUT2D eigenvalue weighted by Gasteiger charge is -2.38. The third-order valence-corrected chi connectivity index (χ3v) is 7.29. The number of carbonyl (C=O) groups excluding carboxylic acids is 4. The van der Waals surface area contributed by atoms with Crippen LogP contribution in [0.5, 0.6) is 11.5 Å². The van der Waals surface area contributed by atoms with Gasteiger partial charge in [0.1, 0.15) is 11.5 Å². The molecule has 0 aliphatic carbocycles. The van der Waals surface area contributed by atoms with Gasteiger partial charge in [0.05, 0.1) is 49.5 Å². The molecule has 0 aromatic heterocycles. The lowest BCUT2D eigenvalue weighted by atomic mass is 10.1. The highest BCUT2D eigenvalue weighted by Crippen LogP contribution is 2.30. The van der Waals surface area contributed by atoms with Crippen molar-refractivity contribution in [2.24, 2.45) is 0 Å². The van der Waals surface area contributed by atoms with Crippen LogP contribution < -0.4 is 19.3 Å². The second-order valence-electron chi connectivity index (χ2n) is 9.50. The van der Waals surface area contributed by atoms with E-state index in [0.29, 0.717) is 62.3 Å². The summed E-state index contributed by atoms with van der Waals surface area (Å²) in [5, 5.41) is 0. The van der Waals surface area contributed by atoms with Crippen molar-refractivity contribution < 1.29 is 28.7 Å². The van der Waals surface area contributed by atoms with Crippen molar-refractivity contribution in [1.29, 1.82) is 0 Å². The van der Waals surface area contributed by atoms with Crippen LogP contribution >= 0.6 is 0 Å². The van der Waals surface area contributed by atoms with E-state index in [0.717, 1.165) is 0 Å². The summed E-state index contributed by atoms with van der Waals surface area (Å²) in [6.45, 7) is 6.98. The van der Waals surface area contributed by atoms with Gasteiger partial charge in [-0.05, 0) is 62.4 Å². The zero-order valence-corrected chi connectivity index (χ0v) is 21.7. The third-order valence-electron chi connectivity index (χ3n) is 7.29. The van der Waals surface area contributed by atoms with Crippen LogP contribution in [0, 0.1) is 0 Å². The third kappa shape index (κ3) is 4.89. The van der Waals surface area contributed by atoms with Crippen LogP contribution in [0.2, 0.25) is 0 Å². The number of hydrogen-bond donors (Lipinski definition) is 0. The minimum absolute atomic E-state index is 0.123. The summed E-state index contributed by atoms with van der Waals surface area (Å²) in [6, 6.07) is 12.8. The fraction of sp³-hybridized carbons (Fsp3) is 0.429. The highest BCUT2D eigenvalue weighted by atomic mass is 16.5. The number of hydrogen-bond acceptors (Lipinski definition) is 8. The lowest BCUT2D eigenvalue weighted by Crippen LogP contribution is -2.56. The van der Waals surface area contributed by atoms with Crippen LogP contribution in [0.3, 0.4) is 0 Å². The number of ether oxygens (including phenoxy) is 2.